The number of aromatic hydroxyl groups is 1. The van der Waals surface area contributed by atoms with Gasteiger partial charge in [0.25, 0.3) is 11.8 Å². The molecule has 3 aliphatic rings. The molecule has 0 unspecified atom stereocenters. The van der Waals surface area contributed by atoms with Crippen molar-refractivity contribution in [2.45, 2.75) is 30.3 Å². The number of allylic oxidation sites excluding steroid dienone is 2. The Morgan fingerprint density at radius 2 is 1.74 bits per heavy atom. The second-order valence-electron chi connectivity index (χ2n) is 11.5. The zero-order chi connectivity index (χ0) is 32.7. The van der Waals surface area contributed by atoms with Gasteiger partial charge < -0.3 is 9.84 Å². The van der Waals surface area contributed by atoms with Crippen molar-refractivity contribution in [3.8, 4) is 11.5 Å². The first kappa shape index (κ1) is 30.1. The summed E-state index contributed by atoms with van der Waals surface area (Å²) in [6, 6.07) is 14.4. The molecule has 2 fully saturated rings. The number of ether oxygens (including phenoxy) is 1. The summed E-state index contributed by atoms with van der Waals surface area (Å²) in [6.07, 6.45) is 1.84. The lowest BCUT2D eigenvalue weighted by molar-refractivity contribution is -0.138. The van der Waals surface area contributed by atoms with Crippen LogP contribution in [-0.2, 0) is 28.6 Å². The molecular weight excluding hydrogens is 685 g/mol. The van der Waals surface area contributed by atoms with E-state index in [0.717, 1.165) is 9.58 Å². The number of phenolic OH excluding ortho intramolecular Hbond substituents is 1. The topological polar surface area (TPSA) is 128 Å². The molecule has 1 aromatic heterocycles. The Labute approximate surface area is 274 Å². The fourth-order valence-electron chi connectivity index (χ4n) is 7.32. The summed E-state index contributed by atoms with van der Waals surface area (Å²) in [4.78, 5) is 56.1. The third-order valence-electron chi connectivity index (χ3n) is 9.31. The molecule has 236 valence electrons. The van der Waals surface area contributed by atoms with Gasteiger partial charge in [0.15, 0.2) is 11.5 Å². The number of hydrogen-bond donors (Lipinski definition) is 2. The van der Waals surface area contributed by atoms with Gasteiger partial charge in [-0.1, -0.05) is 29.8 Å². The van der Waals surface area contributed by atoms with E-state index in [-0.39, 0.29) is 28.9 Å². The lowest BCUT2D eigenvalue weighted by atomic mass is 9.53. The SMILES string of the molecule is COc1cc([C@H]2C3=CCn4c(=O)n(C)c(=O)n4[C@@H]3C[C@H]3C(=O)N(Nc4ccc(F)cc4)C(=O)[C@@]23c2ccc(Cl)cc2)cc(Br)c1O. The molecule has 11 nitrogen and oxygen atoms in total. The largest absolute Gasteiger partial charge is 0.503 e. The maximum Gasteiger partial charge on any atom is 0.347 e. The van der Waals surface area contributed by atoms with Crippen LogP contribution in [-0.4, -0.2) is 43.0 Å². The number of carbonyl (C=O) groups excluding carboxylic acids is 2. The summed E-state index contributed by atoms with van der Waals surface area (Å²) >= 11 is 9.71. The Bertz CT molecular complexity index is 2090. The number of aromatic nitrogens is 3. The Morgan fingerprint density at radius 3 is 2.41 bits per heavy atom. The molecule has 0 spiro atoms. The Kier molecular flexibility index (Phi) is 7.01. The minimum atomic E-state index is -1.58. The zero-order valence-corrected chi connectivity index (χ0v) is 26.8. The molecule has 14 heteroatoms. The molecule has 7 rings (SSSR count). The predicted octanol–water partition coefficient (Wildman–Crippen LogP) is 4.24. The molecule has 1 aliphatic carbocycles. The summed E-state index contributed by atoms with van der Waals surface area (Å²) in [5, 5.41) is 12.1. The zero-order valence-electron chi connectivity index (χ0n) is 24.4. The molecule has 2 amide bonds. The van der Waals surface area contributed by atoms with Gasteiger partial charge in [0.1, 0.15) is 5.82 Å². The molecule has 3 aromatic carbocycles. The van der Waals surface area contributed by atoms with Crippen molar-refractivity contribution >= 4 is 45.0 Å². The summed E-state index contributed by atoms with van der Waals surface area (Å²) in [7, 11) is 2.79. The molecule has 0 bridgehead atoms. The number of nitrogens with one attached hydrogen (secondary N) is 1. The lowest BCUT2D eigenvalue weighted by Gasteiger charge is -2.49. The number of hydrazine groups is 1. The van der Waals surface area contributed by atoms with Crippen molar-refractivity contribution in [2.24, 2.45) is 13.0 Å². The van der Waals surface area contributed by atoms with Gasteiger partial charge in [0.2, 0.25) is 0 Å². The first-order valence-corrected chi connectivity index (χ1v) is 15.5. The average Bonchev–Trinajstić information content (AvgIpc) is 3.40. The van der Waals surface area contributed by atoms with Crippen LogP contribution in [0.15, 0.2) is 86.4 Å². The van der Waals surface area contributed by atoms with Crippen LogP contribution in [0.4, 0.5) is 10.1 Å². The van der Waals surface area contributed by atoms with Gasteiger partial charge in [0.05, 0.1) is 41.2 Å². The van der Waals surface area contributed by atoms with Gasteiger partial charge >= 0.3 is 11.4 Å². The van der Waals surface area contributed by atoms with Crippen LogP contribution >= 0.6 is 27.5 Å². The number of anilines is 1. The van der Waals surface area contributed by atoms with E-state index in [1.807, 2.05) is 6.08 Å². The first-order chi connectivity index (χ1) is 22.0. The predicted molar refractivity (Wildman–Crippen MR) is 169 cm³/mol. The first-order valence-electron chi connectivity index (χ1n) is 14.3. The number of benzene rings is 3. The molecule has 2 N–H and O–H groups in total. The molecule has 1 saturated heterocycles. The fourth-order valence-corrected chi connectivity index (χ4v) is 7.90. The van der Waals surface area contributed by atoms with E-state index in [1.165, 1.54) is 47.8 Å². The maximum absolute atomic E-state index is 15.1. The van der Waals surface area contributed by atoms with Crippen LogP contribution in [0.25, 0.3) is 0 Å². The number of rotatable bonds is 5. The quantitative estimate of drug-likeness (QED) is 0.235. The van der Waals surface area contributed by atoms with Crippen molar-refractivity contribution in [1.29, 1.82) is 0 Å². The molecule has 2 aliphatic heterocycles. The molecule has 4 aromatic rings. The van der Waals surface area contributed by atoms with E-state index in [1.54, 1.807) is 36.4 Å². The van der Waals surface area contributed by atoms with Gasteiger partial charge in [-0.25, -0.2) is 27.9 Å². The second-order valence-corrected chi connectivity index (χ2v) is 12.8. The van der Waals surface area contributed by atoms with E-state index in [9.17, 15) is 23.9 Å². The van der Waals surface area contributed by atoms with E-state index < -0.39 is 52.3 Å². The maximum atomic E-state index is 15.1. The highest BCUT2D eigenvalue weighted by Gasteiger charge is 2.68. The normalized spacial score (nSPS) is 23.5. The molecule has 1 saturated carbocycles. The number of halogens is 3. The molecule has 3 heterocycles. The molecular formula is C32H26BrClFN5O6. The number of fused-ring (bicyclic) bond motifs is 4. The Morgan fingerprint density at radius 1 is 1.04 bits per heavy atom. The number of nitrogens with zero attached hydrogens (tertiary/aromatic N) is 4. The van der Waals surface area contributed by atoms with Gasteiger partial charge in [-0.05, 0) is 87.6 Å². The number of phenols is 1. The van der Waals surface area contributed by atoms with Crippen molar-refractivity contribution < 1.29 is 23.8 Å². The van der Waals surface area contributed by atoms with Gasteiger partial charge in [-0.2, -0.15) is 5.01 Å². The van der Waals surface area contributed by atoms with Crippen molar-refractivity contribution in [3.05, 3.63) is 120 Å². The number of carbonyl (C=O) groups is 2. The third kappa shape index (κ3) is 4.14. The van der Waals surface area contributed by atoms with E-state index in [4.69, 9.17) is 16.3 Å². The average molecular weight is 711 g/mol. The summed E-state index contributed by atoms with van der Waals surface area (Å²) in [5.41, 5.74) is 2.21. The lowest BCUT2D eigenvalue weighted by Crippen LogP contribution is -2.53. The third-order valence-corrected chi connectivity index (χ3v) is 10.2. The Balaban J connectivity index is 1.53. The van der Waals surface area contributed by atoms with Crippen LogP contribution < -0.4 is 21.5 Å². The molecule has 0 radical (unpaired) electrons. The highest BCUT2D eigenvalue weighted by atomic mass is 79.9. The second kappa shape index (κ2) is 10.7. The van der Waals surface area contributed by atoms with Crippen molar-refractivity contribution in [3.63, 3.8) is 0 Å². The highest BCUT2D eigenvalue weighted by Crippen LogP contribution is 2.62. The summed E-state index contributed by atoms with van der Waals surface area (Å²) in [6.45, 7) is 0.0503. The van der Waals surface area contributed by atoms with E-state index in [0.29, 0.717) is 27.4 Å². The summed E-state index contributed by atoms with van der Waals surface area (Å²) < 4.78 is 23.2. The van der Waals surface area contributed by atoms with Crippen LogP contribution in [0.1, 0.15) is 29.5 Å². The summed E-state index contributed by atoms with van der Waals surface area (Å²) in [5.74, 6) is -3.61. The fraction of sp³-hybridized carbons (Fsp3) is 0.250. The van der Waals surface area contributed by atoms with Crippen LogP contribution in [0.2, 0.25) is 5.02 Å². The number of imide groups is 1. The number of amides is 2. The number of methoxy groups -OCH3 is 1. The monoisotopic (exact) mass is 709 g/mol. The smallest absolute Gasteiger partial charge is 0.347 e. The highest BCUT2D eigenvalue weighted by molar-refractivity contribution is 9.10. The Hall–Kier alpha value is -4.62. The van der Waals surface area contributed by atoms with Gasteiger partial charge in [-0.3, -0.25) is 15.0 Å². The molecule has 46 heavy (non-hydrogen) atoms. The minimum Gasteiger partial charge on any atom is -0.503 e. The van der Waals surface area contributed by atoms with Crippen LogP contribution in [0.3, 0.4) is 0 Å². The van der Waals surface area contributed by atoms with Crippen LogP contribution in [0, 0.1) is 11.7 Å². The standard InChI is InChI=1S/C32H26BrClFN5O6/c1-37-30(44)38-12-11-21-24(40(38)31(37)45)15-22-28(42)39(36-20-9-7-19(35)8-10-20)29(43)32(22,17-3-5-18(34)6-4-17)26(21)16-13-23(33)27(41)25(14-16)46-2/h3-11,13-14,22,24,26,36,41H,12,15H2,1-2H3/t22-,24+,26-,32+/m0/s1. The minimum absolute atomic E-state index is 0.0108. The van der Waals surface area contributed by atoms with Crippen molar-refractivity contribution in [1.82, 2.24) is 18.9 Å². The van der Waals surface area contributed by atoms with E-state index >= 15 is 4.79 Å². The van der Waals surface area contributed by atoms with Crippen molar-refractivity contribution in [2.75, 3.05) is 12.5 Å². The van der Waals surface area contributed by atoms with Gasteiger partial charge in [0, 0.05) is 18.0 Å². The van der Waals surface area contributed by atoms with E-state index in [2.05, 4.69) is 21.4 Å². The van der Waals surface area contributed by atoms with Crippen LogP contribution in [0.5, 0.6) is 11.5 Å². The number of hydrogen-bond acceptors (Lipinski definition) is 7. The molecule has 4 atom stereocenters. The van der Waals surface area contributed by atoms with Gasteiger partial charge in [-0.15, -0.1) is 0 Å².